The molecule has 2 fully saturated rings. The second kappa shape index (κ2) is 8.97. The van der Waals surface area contributed by atoms with Crippen LogP contribution in [0.3, 0.4) is 0 Å². The molecule has 1 aromatic heterocycles. The van der Waals surface area contributed by atoms with E-state index < -0.39 is 0 Å². The van der Waals surface area contributed by atoms with Crippen LogP contribution in [0.2, 0.25) is 0 Å². The zero-order valence-electron chi connectivity index (χ0n) is 17.0. The molecule has 0 saturated carbocycles. The molecule has 0 aliphatic carbocycles. The van der Waals surface area contributed by atoms with Gasteiger partial charge in [0, 0.05) is 55.5 Å². The molecule has 2 aliphatic rings. The highest BCUT2D eigenvalue weighted by Gasteiger charge is 2.32. The fourth-order valence-electron chi connectivity index (χ4n) is 4.20. The van der Waals surface area contributed by atoms with Crippen molar-refractivity contribution in [2.45, 2.75) is 44.2 Å². The summed E-state index contributed by atoms with van der Waals surface area (Å²) < 4.78 is 7.93. The molecular formula is C22H30N4O3. The topological polar surface area (TPSA) is 75.6 Å². The zero-order chi connectivity index (χ0) is 20.2. The predicted octanol–water partition coefficient (Wildman–Crippen LogP) is 2.53. The van der Waals surface area contributed by atoms with Gasteiger partial charge in [-0.25, -0.2) is 0 Å². The van der Waals surface area contributed by atoms with Crippen molar-refractivity contribution in [2.75, 3.05) is 38.6 Å². The van der Waals surface area contributed by atoms with E-state index in [1.54, 1.807) is 7.05 Å². The highest BCUT2D eigenvalue weighted by Crippen LogP contribution is 2.30. The molecule has 1 unspecified atom stereocenters. The molecule has 156 valence electrons. The third-order valence-corrected chi connectivity index (χ3v) is 5.96. The van der Waals surface area contributed by atoms with Gasteiger partial charge in [0.15, 0.2) is 0 Å². The number of piperidine rings is 2. The van der Waals surface area contributed by atoms with Crippen LogP contribution in [-0.4, -0.2) is 60.7 Å². The van der Waals surface area contributed by atoms with E-state index in [1.165, 1.54) is 4.90 Å². The monoisotopic (exact) mass is 398 g/mol. The van der Waals surface area contributed by atoms with Gasteiger partial charge in [-0.3, -0.25) is 14.5 Å². The van der Waals surface area contributed by atoms with Crippen LogP contribution in [0.15, 0.2) is 30.6 Å². The predicted molar refractivity (Wildman–Crippen MR) is 113 cm³/mol. The van der Waals surface area contributed by atoms with Crippen LogP contribution in [0.4, 0.5) is 5.69 Å². The van der Waals surface area contributed by atoms with E-state index in [-0.39, 0.29) is 17.9 Å². The number of carbonyl (C=O) groups is 2. The van der Waals surface area contributed by atoms with E-state index in [1.807, 2.05) is 23.0 Å². The molecule has 3 heterocycles. The molecule has 2 amide bonds. The second-order valence-electron chi connectivity index (χ2n) is 7.96. The number of nitrogens with zero attached hydrogens (tertiary/aromatic N) is 2. The lowest BCUT2D eigenvalue weighted by Crippen LogP contribution is -2.42. The van der Waals surface area contributed by atoms with Gasteiger partial charge in [0.25, 0.3) is 5.91 Å². The Morgan fingerprint density at radius 3 is 2.83 bits per heavy atom. The first-order valence-corrected chi connectivity index (χ1v) is 10.6. The lowest BCUT2D eigenvalue weighted by molar-refractivity contribution is -0.149. The number of hydrogen-bond acceptors (Lipinski definition) is 5. The summed E-state index contributed by atoms with van der Waals surface area (Å²) in [6.45, 7) is 3.71. The van der Waals surface area contributed by atoms with Crippen molar-refractivity contribution < 1.29 is 14.3 Å². The van der Waals surface area contributed by atoms with Crippen LogP contribution in [0, 0.1) is 0 Å². The minimum Gasteiger partial charge on any atom is -0.384 e. The molecule has 0 radical (unpaired) electrons. The Morgan fingerprint density at radius 1 is 1.17 bits per heavy atom. The largest absolute Gasteiger partial charge is 0.384 e. The van der Waals surface area contributed by atoms with Crippen LogP contribution in [-0.2, 0) is 14.3 Å². The third kappa shape index (κ3) is 4.46. The Kier molecular flexibility index (Phi) is 6.16. The number of nitrogens with one attached hydrogen (secondary N) is 2. The number of anilines is 1. The summed E-state index contributed by atoms with van der Waals surface area (Å²) in [6, 6.07) is 5.84. The number of amides is 2. The summed E-state index contributed by atoms with van der Waals surface area (Å²) in [5, 5.41) is 9.05. The van der Waals surface area contributed by atoms with Crippen molar-refractivity contribution in [3.05, 3.63) is 30.6 Å². The van der Waals surface area contributed by atoms with Gasteiger partial charge in [0.1, 0.15) is 6.04 Å². The molecular weight excluding hydrogens is 368 g/mol. The molecule has 1 aromatic carbocycles. The number of imide groups is 1. The number of ether oxygens (including phenoxy) is 1. The van der Waals surface area contributed by atoms with E-state index in [4.69, 9.17) is 4.74 Å². The summed E-state index contributed by atoms with van der Waals surface area (Å²) in [4.78, 5) is 25.5. The molecule has 7 heteroatoms. The zero-order valence-corrected chi connectivity index (χ0v) is 17.0. The van der Waals surface area contributed by atoms with Gasteiger partial charge in [-0.15, -0.1) is 0 Å². The van der Waals surface area contributed by atoms with Crippen LogP contribution < -0.4 is 10.6 Å². The second-order valence-corrected chi connectivity index (χ2v) is 7.96. The Labute approximate surface area is 171 Å². The Balaban J connectivity index is 1.36. The maximum absolute atomic E-state index is 12.5. The summed E-state index contributed by atoms with van der Waals surface area (Å²) in [5.74, 6) is -0.233. The molecule has 2 saturated heterocycles. The van der Waals surface area contributed by atoms with Crippen molar-refractivity contribution in [3.63, 3.8) is 0 Å². The number of fused-ring (bicyclic) bond motifs is 1. The molecule has 0 spiro atoms. The van der Waals surface area contributed by atoms with Gasteiger partial charge in [0.05, 0.1) is 6.10 Å². The van der Waals surface area contributed by atoms with Crippen LogP contribution in [0.5, 0.6) is 0 Å². The third-order valence-electron chi connectivity index (χ3n) is 5.96. The smallest absolute Gasteiger partial charge is 0.251 e. The molecule has 2 aromatic rings. The highest BCUT2D eigenvalue weighted by atomic mass is 16.5. The van der Waals surface area contributed by atoms with Crippen LogP contribution >= 0.6 is 0 Å². The summed E-state index contributed by atoms with van der Waals surface area (Å²) >= 11 is 0. The summed E-state index contributed by atoms with van der Waals surface area (Å²) in [6.07, 6.45) is 8.54. The number of carbonyl (C=O) groups excluding carboxylic acids is 2. The molecule has 1 atom stereocenters. The first kappa shape index (κ1) is 19.9. The van der Waals surface area contributed by atoms with E-state index in [0.29, 0.717) is 18.9 Å². The van der Waals surface area contributed by atoms with Crippen molar-refractivity contribution in [2.24, 2.45) is 0 Å². The van der Waals surface area contributed by atoms with E-state index in [2.05, 4.69) is 22.8 Å². The van der Waals surface area contributed by atoms with Gasteiger partial charge in [-0.2, -0.15) is 0 Å². The Hall–Kier alpha value is -2.38. The first-order chi connectivity index (χ1) is 14.1. The number of likely N-dealkylation sites (tertiary alicyclic amines) is 1. The van der Waals surface area contributed by atoms with Crippen molar-refractivity contribution in [1.29, 1.82) is 0 Å². The van der Waals surface area contributed by atoms with E-state index >= 15 is 0 Å². The maximum Gasteiger partial charge on any atom is 0.251 e. The standard InChI is InChI=1S/C22H30N4O3/c1-25-21(27)7-6-20(22(25)28)26-14-16-4-2-5-19(18(16)15-26)24-10-3-13-29-17-8-11-23-12-9-17/h2,4-5,14-15,17,20,23-24H,3,6-13H2,1H3. The van der Waals surface area contributed by atoms with Crippen LogP contribution in [0.25, 0.3) is 10.8 Å². The molecule has 0 bridgehead atoms. The SMILES string of the molecule is CN1C(=O)CCC(n2cc3cccc(NCCCOC4CCNCC4)c3c2)C1=O. The number of benzene rings is 1. The highest BCUT2D eigenvalue weighted by molar-refractivity contribution is 6.00. The summed E-state index contributed by atoms with van der Waals surface area (Å²) in [5.41, 5.74) is 1.07. The molecule has 7 nitrogen and oxygen atoms in total. The number of aromatic nitrogens is 1. The molecule has 2 aliphatic heterocycles. The fourth-order valence-corrected chi connectivity index (χ4v) is 4.20. The summed E-state index contributed by atoms with van der Waals surface area (Å²) in [7, 11) is 1.57. The maximum atomic E-state index is 12.5. The normalized spacial score (nSPS) is 21.1. The first-order valence-electron chi connectivity index (χ1n) is 10.6. The number of likely N-dealkylation sites (N-methyl/N-ethyl adjacent to an activating group) is 1. The Bertz CT molecular complexity index is 872. The molecule has 29 heavy (non-hydrogen) atoms. The number of rotatable bonds is 7. The minimum atomic E-state index is -0.309. The number of hydrogen-bond donors (Lipinski definition) is 2. The van der Waals surface area contributed by atoms with E-state index in [0.717, 1.165) is 62.0 Å². The molecule has 2 N–H and O–H groups in total. The van der Waals surface area contributed by atoms with Crippen LogP contribution in [0.1, 0.15) is 38.1 Å². The van der Waals surface area contributed by atoms with Gasteiger partial charge in [-0.05, 0) is 44.8 Å². The van der Waals surface area contributed by atoms with Gasteiger partial charge < -0.3 is 19.9 Å². The van der Waals surface area contributed by atoms with Gasteiger partial charge in [0.2, 0.25) is 5.91 Å². The lowest BCUT2D eigenvalue weighted by atomic mass is 10.0. The van der Waals surface area contributed by atoms with Gasteiger partial charge in [-0.1, -0.05) is 12.1 Å². The van der Waals surface area contributed by atoms with Crippen molar-refractivity contribution >= 4 is 28.3 Å². The van der Waals surface area contributed by atoms with E-state index in [9.17, 15) is 9.59 Å². The Morgan fingerprint density at radius 2 is 2.00 bits per heavy atom. The average Bonchev–Trinajstić information content (AvgIpc) is 3.17. The quantitative estimate of drug-likeness (QED) is 0.554. The van der Waals surface area contributed by atoms with Crippen molar-refractivity contribution in [3.8, 4) is 0 Å². The lowest BCUT2D eigenvalue weighted by Gasteiger charge is -2.28. The fraction of sp³-hybridized carbons (Fsp3) is 0.545. The van der Waals surface area contributed by atoms with Gasteiger partial charge >= 0.3 is 0 Å². The molecule has 4 rings (SSSR count). The minimum absolute atomic E-state index is 0.1000. The van der Waals surface area contributed by atoms with Crippen molar-refractivity contribution in [1.82, 2.24) is 14.8 Å². The average molecular weight is 399 g/mol.